The van der Waals surface area contributed by atoms with Gasteiger partial charge in [-0.15, -0.1) is 0 Å². The van der Waals surface area contributed by atoms with Crippen LogP contribution in [-0.4, -0.2) is 62.6 Å². The molecule has 0 aliphatic carbocycles. The largest absolute Gasteiger partial charge is 0.385 e. The predicted octanol–water partition coefficient (Wildman–Crippen LogP) is 4.68. The number of ether oxygens (including phenoxy) is 1. The molecule has 0 amide bonds. The van der Waals surface area contributed by atoms with E-state index in [2.05, 4.69) is 10.3 Å². The number of Topliss-reactive ketones (excluding diaryl/α,β-unsaturated/α-hetero) is 1. The van der Waals surface area contributed by atoms with Crippen molar-refractivity contribution in [2.75, 3.05) is 44.4 Å². The molecule has 35 heavy (non-hydrogen) atoms. The Labute approximate surface area is 217 Å². The first-order valence-electron chi connectivity index (χ1n) is 11.9. The second-order valence-corrected chi connectivity index (χ2v) is 12.2. The number of halogens is 2. The normalized spacial score (nSPS) is 20.0. The van der Waals surface area contributed by atoms with Gasteiger partial charge in [0.15, 0.2) is 0 Å². The Kier molecular flexibility index (Phi) is 8.71. The van der Waals surface area contributed by atoms with Gasteiger partial charge < -0.3 is 10.1 Å². The number of benzene rings is 1. The highest BCUT2D eigenvalue weighted by Gasteiger charge is 2.30. The summed E-state index contributed by atoms with van der Waals surface area (Å²) >= 11 is 13.0. The van der Waals surface area contributed by atoms with Crippen LogP contribution in [0.3, 0.4) is 0 Å². The summed E-state index contributed by atoms with van der Waals surface area (Å²) in [6.07, 6.45) is 6.29. The number of ketones is 1. The van der Waals surface area contributed by atoms with Crippen LogP contribution in [-0.2, 0) is 26.0 Å². The Balaban J connectivity index is 1.48. The molecule has 2 fully saturated rings. The lowest BCUT2D eigenvalue weighted by Gasteiger charge is -2.30. The molecule has 1 atom stereocenters. The fourth-order valence-electron chi connectivity index (χ4n) is 4.67. The van der Waals surface area contributed by atoms with Crippen molar-refractivity contribution in [2.24, 2.45) is 11.8 Å². The van der Waals surface area contributed by atoms with Gasteiger partial charge in [0.05, 0.1) is 11.3 Å². The maximum absolute atomic E-state index is 13.0. The Morgan fingerprint density at radius 2 is 1.89 bits per heavy atom. The molecule has 190 valence electrons. The van der Waals surface area contributed by atoms with Crippen molar-refractivity contribution in [2.45, 2.75) is 32.1 Å². The summed E-state index contributed by atoms with van der Waals surface area (Å²) in [6.45, 7) is 3.16. The molecule has 3 heterocycles. The van der Waals surface area contributed by atoms with Crippen molar-refractivity contribution < 1.29 is 17.9 Å². The van der Waals surface area contributed by atoms with Crippen molar-refractivity contribution in [1.29, 1.82) is 0 Å². The molecular formula is C25H31Cl2N3O4S. The van der Waals surface area contributed by atoms with E-state index >= 15 is 0 Å². The van der Waals surface area contributed by atoms with Gasteiger partial charge in [0, 0.05) is 78.9 Å². The lowest BCUT2D eigenvalue weighted by Crippen LogP contribution is -2.42. The Morgan fingerprint density at radius 1 is 1.14 bits per heavy atom. The quantitative estimate of drug-likeness (QED) is 0.523. The van der Waals surface area contributed by atoms with Crippen molar-refractivity contribution in [1.82, 2.24) is 9.29 Å². The molecule has 2 saturated heterocycles. The van der Waals surface area contributed by atoms with Gasteiger partial charge in [0.1, 0.15) is 5.78 Å². The summed E-state index contributed by atoms with van der Waals surface area (Å²) in [4.78, 5) is 17.4. The number of piperidine rings is 1. The van der Waals surface area contributed by atoms with Crippen LogP contribution in [0.4, 0.5) is 5.69 Å². The molecule has 0 unspecified atom stereocenters. The van der Waals surface area contributed by atoms with Gasteiger partial charge in [0.25, 0.3) is 0 Å². The van der Waals surface area contributed by atoms with Gasteiger partial charge in [-0.1, -0.05) is 23.2 Å². The molecule has 0 spiro atoms. The van der Waals surface area contributed by atoms with Crippen molar-refractivity contribution in [3.05, 3.63) is 46.2 Å². The van der Waals surface area contributed by atoms with Gasteiger partial charge in [-0.05, 0) is 55.9 Å². The first-order valence-corrected chi connectivity index (χ1v) is 14.5. The molecule has 1 N–H and O–H groups in total. The highest BCUT2D eigenvalue weighted by molar-refractivity contribution is 7.88. The van der Waals surface area contributed by atoms with Crippen LogP contribution in [0.2, 0.25) is 10.0 Å². The topological polar surface area (TPSA) is 88.6 Å². The number of hydrogen-bond donors (Lipinski definition) is 1. The SMILES string of the molecule is CS(=O)(=O)N1CCC[C@H](C(=O)Cc2cc(-c3cc(NCC4CCOCC4)ccc3Cl)c(Cl)cn2)C1. The van der Waals surface area contributed by atoms with E-state index in [0.29, 0.717) is 46.6 Å². The maximum atomic E-state index is 13.0. The van der Waals surface area contributed by atoms with Crippen molar-refractivity contribution in [3.63, 3.8) is 0 Å². The molecule has 0 saturated carbocycles. The zero-order chi connectivity index (χ0) is 25.0. The average Bonchev–Trinajstić information content (AvgIpc) is 2.85. The lowest BCUT2D eigenvalue weighted by atomic mass is 9.92. The Hall–Kier alpha value is -1.71. The van der Waals surface area contributed by atoms with Gasteiger partial charge in [-0.2, -0.15) is 0 Å². The molecule has 0 bridgehead atoms. The van der Waals surface area contributed by atoms with Crippen LogP contribution in [0, 0.1) is 11.8 Å². The summed E-state index contributed by atoms with van der Waals surface area (Å²) in [6, 6.07) is 7.56. The van der Waals surface area contributed by atoms with Gasteiger partial charge in [0.2, 0.25) is 10.0 Å². The van der Waals surface area contributed by atoms with E-state index in [9.17, 15) is 13.2 Å². The molecular weight excluding hydrogens is 509 g/mol. The van der Waals surface area contributed by atoms with Crippen LogP contribution < -0.4 is 5.32 Å². The van der Waals surface area contributed by atoms with Crippen LogP contribution in [0.5, 0.6) is 0 Å². The van der Waals surface area contributed by atoms with Crippen LogP contribution in [0.1, 0.15) is 31.4 Å². The zero-order valence-electron chi connectivity index (χ0n) is 19.8. The van der Waals surface area contributed by atoms with Gasteiger partial charge in [-0.25, -0.2) is 12.7 Å². The van der Waals surface area contributed by atoms with Crippen molar-refractivity contribution in [3.8, 4) is 11.1 Å². The standard InChI is InChI=1S/C25H31Cl2N3O4S/c1-35(32,33)30-8-2-3-18(16-30)25(31)13-20-12-22(24(27)15-29-20)21-11-19(4-5-23(21)26)28-14-17-6-9-34-10-7-17/h4-5,11-12,15,17-18,28H,2-3,6-10,13-14,16H2,1H3/t18-/m0/s1. The number of carbonyl (C=O) groups excluding carboxylic acids is 1. The summed E-state index contributed by atoms with van der Waals surface area (Å²) in [5.74, 6) is 0.223. The van der Waals surface area contributed by atoms with Crippen LogP contribution in [0.25, 0.3) is 11.1 Å². The maximum Gasteiger partial charge on any atom is 0.211 e. The first kappa shape index (κ1) is 26.4. The van der Waals surface area contributed by atoms with Gasteiger partial charge in [-0.3, -0.25) is 9.78 Å². The number of pyridine rings is 1. The molecule has 10 heteroatoms. The molecule has 2 aromatic rings. The second-order valence-electron chi connectivity index (χ2n) is 9.39. The predicted molar refractivity (Wildman–Crippen MR) is 140 cm³/mol. The van der Waals surface area contributed by atoms with E-state index < -0.39 is 10.0 Å². The van der Waals surface area contributed by atoms with E-state index in [4.69, 9.17) is 27.9 Å². The number of aromatic nitrogens is 1. The van der Waals surface area contributed by atoms with E-state index in [1.165, 1.54) is 10.6 Å². The fourth-order valence-corrected chi connectivity index (χ4v) is 6.00. The molecule has 2 aliphatic rings. The number of anilines is 1. The van der Waals surface area contributed by atoms with Crippen LogP contribution in [0.15, 0.2) is 30.5 Å². The Bertz CT molecular complexity index is 1170. The monoisotopic (exact) mass is 539 g/mol. The third-order valence-corrected chi connectivity index (χ3v) is 8.67. The minimum atomic E-state index is -3.31. The highest BCUT2D eigenvalue weighted by Crippen LogP contribution is 2.36. The van der Waals surface area contributed by atoms with Gasteiger partial charge >= 0.3 is 0 Å². The summed E-state index contributed by atoms with van der Waals surface area (Å²) < 4.78 is 30.6. The number of nitrogens with zero attached hydrogens (tertiary/aromatic N) is 2. The third kappa shape index (κ3) is 6.95. The number of sulfonamides is 1. The minimum absolute atomic E-state index is 0.0166. The van der Waals surface area contributed by atoms with E-state index in [0.717, 1.165) is 43.9 Å². The van der Waals surface area contributed by atoms with E-state index in [1.54, 1.807) is 12.3 Å². The number of rotatable bonds is 8. The van der Waals surface area contributed by atoms with Crippen molar-refractivity contribution >= 4 is 44.7 Å². The van der Waals surface area contributed by atoms with E-state index in [-0.39, 0.29) is 24.7 Å². The second kappa shape index (κ2) is 11.6. The third-order valence-electron chi connectivity index (χ3n) is 6.77. The zero-order valence-corrected chi connectivity index (χ0v) is 22.1. The molecule has 2 aliphatic heterocycles. The average molecular weight is 541 g/mol. The fraction of sp³-hybridized carbons (Fsp3) is 0.520. The first-order chi connectivity index (χ1) is 16.7. The van der Waals surface area contributed by atoms with E-state index in [1.807, 2.05) is 18.2 Å². The molecule has 1 aromatic heterocycles. The molecule has 7 nitrogen and oxygen atoms in total. The summed E-state index contributed by atoms with van der Waals surface area (Å²) in [5.41, 5.74) is 3.02. The van der Waals surface area contributed by atoms with Crippen LogP contribution >= 0.6 is 23.2 Å². The number of carbonyl (C=O) groups is 1. The molecule has 0 radical (unpaired) electrons. The minimum Gasteiger partial charge on any atom is -0.385 e. The molecule has 4 rings (SSSR count). The summed E-state index contributed by atoms with van der Waals surface area (Å²) in [5, 5.41) is 4.50. The lowest BCUT2D eigenvalue weighted by molar-refractivity contribution is -0.123. The smallest absolute Gasteiger partial charge is 0.211 e. The summed E-state index contributed by atoms with van der Waals surface area (Å²) in [7, 11) is -3.31. The Morgan fingerprint density at radius 3 is 2.63 bits per heavy atom. The number of hydrogen-bond acceptors (Lipinski definition) is 6. The molecule has 1 aromatic carbocycles. The number of nitrogens with one attached hydrogen (secondary N) is 1. The highest BCUT2D eigenvalue weighted by atomic mass is 35.5.